The van der Waals surface area contributed by atoms with E-state index in [2.05, 4.69) is 12.1 Å². The van der Waals surface area contributed by atoms with Crippen molar-refractivity contribution in [1.82, 2.24) is 0 Å². The maximum absolute atomic E-state index is 12.5. The molecule has 0 N–H and O–H groups in total. The Kier molecular flexibility index (Phi) is 6.06. The Morgan fingerprint density at radius 3 is 2.26 bits per heavy atom. The van der Waals surface area contributed by atoms with E-state index in [0.29, 0.717) is 23.7 Å². The smallest absolute Gasteiger partial charge is 0.185 e. The van der Waals surface area contributed by atoms with Crippen molar-refractivity contribution >= 4 is 11.9 Å². The van der Waals surface area contributed by atoms with Gasteiger partial charge in [0.15, 0.2) is 17.3 Å². The van der Waals surface area contributed by atoms with Gasteiger partial charge in [-0.05, 0) is 41.8 Å². The van der Waals surface area contributed by atoms with E-state index in [4.69, 9.17) is 9.47 Å². The van der Waals surface area contributed by atoms with Gasteiger partial charge in [0.1, 0.15) is 0 Å². The molecule has 3 heteroatoms. The van der Waals surface area contributed by atoms with Gasteiger partial charge < -0.3 is 9.47 Å². The van der Waals surface area contributed by atoms with Crippen molar-refractivity contribution in [2.24, 2.45) is 0 Å². The molecule has 0 saturated carbocycles. The van der Waals surface area contributed by atoms with E-state index >= 15 is 0 Å². The second-order valence-electron chi connectivity index (χ2n) is 5.98. The van der Waals surface area contributed by atoms with Crippen molar-refractivity contribution in [1.29, 1.82) is 0 Å². The lowest BCUT2D eigenvalue weighted by molar-refractivity contribution is 0.104. The first-order valence-corrected chi connectivity index (χ1v) is 8.90. The van der Waals surface area contributed by atoms with Crippen LogP contribution < -0.4 is 9.47 Å². The van der Waals surface area contributed by atoms with Crippen LogP contribution in [0.4, 0.5) is 0 Å². The summed E-state index contributed by atoms with van der Waals surface area (Å²) in [5.74, 6) is 1.31. The summed E-state index contributed by atoms with van der Waals surface area (Å²) in [6.07, 6.45) is 3.37. The Labute approximate surface area is 159 Å². The lowest BCUT2D eigenvalue weighted by atomic mass is 10.0. The Hall–Kier alpha value is -3.33. The third kappa shape index (κ3) is 4.64. The topological polar surface area (TPSA) is 35.5 Å². The van der Waals surface area contributed by atoms with Gasteiger partial charge in [-0.25, -0.2) is 0 Å². The third-order valence-electron chi connectivity index (χ3n) is 4.19. The normalized spacial score (nSPS) is 10.7. The van der Waals surface area contributed by atoms with E-state index in [1.54, 1.807) is 19.3 Å². The van der Waals surface area contributed by atoms with Crippen LogP contribution in [0.1, 0.15) is 22.8 Å². The Morgan fingerprint density at radius 2 is 1.59 bits per heavy atom. The van der Waals surface area contributed by atoms with Gasteiger partial charge in [-0.2, -0.15) is 0 Å². The predicted octanol–water partition coefficient (Wildman–Crippen LogP) is 5.66. The maximum Gasteiger partial charge on any atom is 0.185 e. The van der Waals surface area contributed by atoms with Crippen molar-refractivity contribution in [2.75, 3.05) is 13.7 Å². The number of methoxy groups -OCH3 is 1. The van der Waals surface area contributed by atoms with E-state index in [0.717, 1.165) is 16.7 Å². The van der Waals surface area contributed by atoms with Crippen molar-refractivity contribution in [2.45, 2.75) is 6.92 Å². The number of carbonyl (C=O) groups is 1. The van der Waals surface area contributed by atoms with Gasteiger partial charge in [-0.1, -0.05) is 66.7 Å². The minimum atomic E-state index is -0.0385. The molecule has 0 aromatic heterocycles. The van der Waals surface area contributed by atoms with Crippen molar-refractivity contribution in [3.63, 3.8) is 0 Å². The van der Waals surface area contributed by atoms with Crippen LogP contribution in [-0.2, 0) is 0 Å². The van der Waals surface area contributed by atoms with E-state index in [9.17, 15) is 4.79 Å². The summed E-state index contributed by atoms with van der Waals surface area (Å²) in [7, 11) is 1.61. The number of carbonyl (C=O) groups excluding carboxylic acids is 1. The summed E-state index contributed by atoms with van der Waals surface area (Å²) in [5.41, 5.74) is 3.76. The van der Waals surface area contributed by atoms with Gasteiger partial charge in [0, 0.05) is 5.56 Å². The summed E-state index contributed by atoms with van der Waals surface area (Å²) < 4.78 is 10.9. The molecule has 0 bridgehead atoms. The van der Waals surface area contributed by atoms with Crippen molar-refractivity contribution < 1.29 is 14.3 Å². The number of hydrogen-bond acceptors (Lipinski definition) is 3. The van der Waals surface area contributed by atoms with Crippen molar-refractivity contribution in [3.05, 3.63) is 90.0 Å². The molecular weight excluding hydrogens is 336 g/mol. The monoisotopic (exact) mass is 358 g/mol. The number of rotatable bonds is 7. The first kappa shape index (κ1) is 18.5. The number of allylic oxidation sites excluding steroid dienone is 1. The van der Waals surface area contributed by atoms with Crippen LogP contribution in [0.2, 0.25) is 0 Å². The predicted molar refractivity (Wildman–Crippen MR) is 109 cm³/mol. The molecule has 3 rings (SSSR count). The highest BCUT2D eigenvalue weighted by Crippen LogP contribution is 2.28. The molecule has 3 nitrogen and oxygen atoms in total. The molecule has 0 unspecified atom stereocenters. The van der Waals surface area contributed by atoms with Gasteiger partial charge in [0.05, 0.1) is 13.7 Å². The highest BCUT2D eigenvalue weighted by Gasteiger charge is 2.06. The van der Waals surface area contributed by atoms with E-state index < -0.39 is 0 Å². The standard InChI is InChI=1S/C24H22O3/c1-3-27-24-17-18(10-16-23(24)26-2)9-15-22(25)21-13-11-20(12-14-21)19-7-5-4-6-8-19/h4-17H,3H2,1-2H3. The molecule has 0 aliphatic heterocycles. The van der Waals surface area contributed by atoms with Gasteiger partial charge >= 0.3 is 0 Å². The highest BCUT2D eigenvalue weighted by atomic mass is 16.5. The molecule has 27 heavy (non-hydrogen) atoms. The van der Waals surface area contributed by atoms with Crippen LogP contribution in [0.25, 0.3) is 17.2 Å². The molecular formula is C24H22O3. The first-order chi connectivity index (χ1) is 13.2. The van der Waals surface area contributed by atoms with Crippen LogP contribution in [0.5, 0.6) is 11.5 Å². The van der Waals surface area contributed by atoms with E-state index in [1.807, 2.05) is 67.6 Å². The Balaban J connectivity index is 1.74. The van der Waals surface area contributed by atoms with Gasteiger partial charge in [0.25, 0.3) is 0 Å². The Morgan fingerprint density at radius 1 is 0.889 bits per heavy atom. The number of ketones is 1. The fraction of sp³-hybridized carbons (Fsp3) is 0.125. The van der Waals surface area contributed by atoms with Crippen LogP contribution in [0, 0.1) is 0 Å². The Bertz CT molecular complexity index is 926. The average molecular weight is 358 g/mol. The molecule has 0 heterocycles. The second kappa shape index (κ2) is 8.86. The molecule has 0 aliphatic rings. The fourth-order valence-corrected chi connectivity index (χ4v) is 2.79. The molecule has 0 saturated heterocycles. The summed E-state index contributed by atoms with van der Waals surface area (Å²) in [6.45, 7) is 2.47. The zero-order valence-electron chi connectivity index (χ0n) is 15.5. The quantitative estimate of drug-likeness (QED) is 0.404. The van der Waals surface area contributed by atoms with Gasteiger partial charge in [-0.15, -0.1) is 0 Å². The van der Waals surface area contributed by atoms with Crippen LogP contribution in [-0.4, -0.2) is 19.5 Å². The summed E-state index contributed by atoms with van der Waals surface area (Å²) >= 11 is 0. The van der Waals surface area contributed by atoms with Gasteiger partial charge in [0.2, 0.25) is 0 Å². The zero-order valence-corrected chi connectivity index (χ0v) is 15.5. The summed E-state index contributed by atoms with van der Waals surface area (Å²) in [6, 6.07) is 23.3. The number of hydrogen-bond donors (Lipinski definition) is 0. The molecule has 3 aromatic carbocycles. The largest absolute Gasteiger partial charge is 0.493 e. The minimum absolute atomic E-state index is 0.0385. The van der Waals surface area contributed by atoms with Crippen LogP contribution >= 0.6 is 0 Å². The molecule has 0 atom stereocenters. The van der Waals surface area contributed by atoms with Crippen LogP contribution in [0.15, 0.2) is 78.9 Å². The second-order valence-corrected chi connectivity index (χ2v) is 5.98. The molecule has 0 fully saturated rings. The first-order valence-electron chi connectivity index (χ1n) is 8.90. The lowest BCUT2D eigenvalue weighted by Gasteiger charge is -2.09. The van der Waals surface area contributed by atoms with Crippen LogP contribution in [0.3, 0.4) is 0 Å². The zero-order chi connectivity index (χ0) is 19.1. The van der Waals surface area contributed by atoms with E-state index in [1.165, 1.54) is 0 Å². The summed E-state index contributed by atoms with van der Waals surface area (Å²) in [4.78, 5) is 12.5. The fourth-order valence-electron chi connectivity index (χ4n) is 2.79. The third-order valence-corrected chi connectivity index (χ3v) is 4.19. The maximum atomic E-state index is 12.5. The SMILES string of the molecule is CCOc1cc(C=CC(=O)c2ccc(-c3ccccc3)cc2)ccc1OC. The lowest BCUT2D eigenvalue weighted by Crippen LogP contribution is -1.96. The average Bonchev–Trinajstić information content (AvgIpc) is 2.73. The molecule has 0 radical (unpaired) electrons. The minimum Gasteiger partial charge on any atom is -0.493 e. The molecule has 0 spiro atoms. The molecule has 0 amide bonds. The highest BCUT2D eigenvalue weighted by molar-refractivity contribution is 6.07. The molecule has 3 aromatic rings. The van der Waals surface area contributed by atoms with Gasteiger partial charge in [-0.3, -0.25) is 4.79 Å². The number of benzene rings is 3. The molecule has 0 aliphatic carbocycles. The molecule has 136 valence electrons. The number of ether oxygens (including phenoxy) is 2. The summed E-state index contributed by atoms with van der Waals surface area (Å²) in [5, 5.41) is 0. The van der Waals surface area contributed by atoms with E-state index in [-0.39, 0.29) is 5.78 Å². The van der Waals surface area contributed by atoms with Crippen molar-refractivity contribution in [3.8, 4) is 22.6 Å².